The van der Waals surface area contributed by atoms with Crippen LogP contribution in [-0.2, 0) is 4.79 Å². The van der Waals surface area contributed by atoms with Crippen LogP contribution in [0.2, 0.25) is 0 Å². The van der Waals surface area contributed by atoms with Crippen LogP contribution < -0.4 is 4.74 Å². The van der Waals surface area contributed by atoms with Crippen LogP contribution in [0.25, 0.3) is 0 Å². The van der Waals surface area contributed by atoms with E-state index in [9.17, 15) is 19.4 Å². The lowest BCUT2D eigenvalue weighted by Crippen LogP contribution is -2.30. The van der Waals surface area contributed by atoms with E-state index in [0.717, 1.165) is 0 Å². The van der Waals surface area contributed by atoms with E-state index in [1.165, 1.54) is 23.1 Å². The standard InChI is InChI=1S/C13H16FNO4/c14-9-2-1-3-10(6-9)19-5-4-13(18)15-7-11(16)12(17)8-15/h1-3,6,11-12,16-17H,4-5,7-8H2/t11-,12+. The molecule has 1 amide bonds. The van der Waals surface area contributed by atoms with Gasteiger partial charge in [-0.15, -0.1) is 0 Å². The highest BCUT2D eigenvalue weighted by Crippen LogP contribution is 2.14. The minimum atomic E-state index is -0.881. The molecule has 0 unspecified atom stereocenters. The van der Waals surface area contributed by atoms with Crippen LogP contribution in [0.1, 0.15) is 6.42 Å². The zero-order valence-corrected chi connectivity index (χ0v) is 10.3. The molecule has 0 bridgehead atoms. The number of halogens is 1. The topological polar surface area (TPSA) is 70.0 Å². The Morgan fingerprint density at radius 1 is 1.37 bits per heavy atom. The largest absolute Gasteiger partial charge is 0.493 e. The van der Waals surface area contributed by atoms with Gasteiger partial charge in [0, 0.05) is 19.2 Å². The zero-order valence-electron chi connectivity index (χ0n) is 10.3. The molecule has 1 aromatic carbocycles. The van der Waals surface area contributed by atoms with Crippen LogP contribution in [0.3, 0.4) is 0 Å². The summed E-state index contributed by atoms with van der Waals surface area (Å²) in [5.41, 5.74) is 0. The van der Waals surface area contributed by atoms with Gasteiger partial charge in [-0.3, -0.25) is 4.79 Å². The normalized spacial score (nSPS) is 22.6. The maximum atomic E-state index is 12.9. The number of likely N-dealkylation sites (tertiary alicyclic amines) is 1. The van der Waals surface area contributed by atoms with Crippen molar-refractivity contribution < 1.29 is 24.1 Å². The van der Waals surface area contributed by atoms with E-state index < -0.39 is 18.0 Å². The Kier molecular flexibility index (Phi) is 4.34. The van der Waals surface area contributed by atoms with Crippen LogP contribution in [-0.4, -0.2) is 52.9 Å². The predicted octanol–water partition coefficient (Wildman–Crippen LogP) is 0.159. The average molecular weight is 269 g/mol. The van der Waals surface area contributed by atoms with Crippen molar-refractivity contribution >= 4 is 5.91 Å². The molecule has 1 aromatic rings. The van der Waals surface area contributed by atoms with Crippen molar-refractivity contribution in [2.75, 3.05) is 19.7 Å². The number of benzene rings is 1. The highest BCUT2D eigenvalue weighted by molar-refractivity contribution is 5.76. The quantitative estimate of drug-likeness (QED) is 0.817. The minimum Gasteiger partial charge on any atom is -0.493 e. The van der Waals surface area contributed by atoms with Crippen LogP contribution in [0, 0.1) is 5.82 Å². The smallest absolute Gasteiger partial charge is 0.226 e. The molecule has 0 spiro atoms. The van der Waals surface area contributed by atoms with E-state index >= 15 is 0 Å². The number of rotatable bonds is 4. The molecule has 0 aromatic heterocycles. The third-order valence-corrected chi connectivity index (χ3v) is 2.99. The molecule has 104 valence electrons. The maximum absolute atomic E-state index is 12.9. The summed E-state index contributed by atoms with van der Waals surface area (Å²) < 4.78 is 18.1. The van der Waals surface area contributed by atoms with Crippen LogP contribution in [0.4, 0.5) is 4.39 Å². The van der Waals surface area contributed by atoms with Crippen molar-refractivity contribution in [2.24, 2.45) is 0 Å². The van der Waals surface area contributed by atoms with Gasteiger partial charge in [-0.25, -0.2) is 4.39 Å². The number of β-amino-alcohol motifs (C(OH)–C–C–N with tert-alkyl or cyclic N) is 2. The summed E-state index contributed by atoms with van der Waals surface area (Å²) in [7, 11) is 0. The molecule has 2 atom stereocenters. The van der Waals surface area contributed by atoms with Crippen molar-refractivity contribution in [1.82, 2.24) is 4.90 Å². The van der Waals surface area contributed by atoms with Gasteiger partial charge in [0.2, 0.25) is 5.91 Å². The van der Waals surface area contributed by atoms with Crippen molar-refractivity contribution in [3.05, 3.63) is 30.1 Å². The van der Waals surface area contributed by atoms with E-state index in [1.807, 2.05) is 0 Å². The van der Waals surface area contributed by atoms with E-state index in [1.54, 1.807) is 6.07 Å². The third-order valence-electron chi connectivity index (χ3n) is 2.99. The molecule has 0 aliphatic carbocycles. The SMILES string of the molecule is O=C(CCOc1cccc(F)c1)N1C[C@@H](O)[C@@H](O)C1. The molecule has 5 nitrogen and oxygen atoms in total. The molecular formula is C13H16FNO4. The fourth-order valence-corrected chi connectivity index (χ4v) is 1.94. The van der Waals surface area contributed by atoms with E-state index in [0.29, 0.717) is 5.75 Å². The predicted molar refractivity (Wildman–Crippen MR) is 65.1 cm³/mol. The van der Waals surface area contributed by atoms with Gasteiger partial charge in [0.25, 0.3) is 0 Å². The first kappa shape index (κ1) is 13.8. The highest BCUT2D eigenvalue weighted by Gasteiger charge is 2.32. The van der Waals surface area contributed by atoms with Crippen LogP contribution >= 0.6 is 0 Å². The fraction of sp³-hybridized carbons (Fsp3) is 0.462. The minimum absolute atomic E-state index is 0.121. The third kappa shape index (κ3) is 3.65. The summed E-state index contributed by atoms with van der Waals surface area (Å²) in [6, 6.07) is 5.69. The molecule has 2 N–H and O–H groups in total. The number of aliphatic hydroxyl groups excluding tert-OH is 2. The van der Waals surface area contributed by atoms with Gasteiger partial charge in [-0.2, -0.15) is 0 Å². The van der Waals surface area contributed by atoms with Gasteiger partial charge >= 0.3 is 0 Å². The molecule has 1 aliphatic rings. The number of hydrogen-bond donors (Lipinski definition) is 2. The number of aliphatic hydroxyl groups is 2. The first-order chi connectivity index (χ1) is 9.06. The molecule has 1 heterocycles. The molecule has 6 heteroatoms. The first-order valence-corrected chi connectivity index (χ1v) is 6.08. The summed E-state index contributed by atoms with van der Waals surface area (Å²) in [6.07, 6.45) is -1.64. The highest BCUT2D eigenvalue weighted by atomic mass is 19.1. The van der Waals surface area contributed by atoms with Gasteiger partial charge < -0.3 is 19.8 Å². The Labute approximate surface area is 110 Å². The Morgan fingerprint density at radius 2 is 2.05 bits per heavy atom. The molecule has 1 saturated heterocycles. The lowest BCUT2D eigenvalue weighted by Gasteiger charge is -2.15. The molecule has 1 aliphatic heterocycles. The monoisotopic (exact) mass is 269 g/mol. The van der Waals surface area contributed by atoms with E-state index in [4.69, 9.17) is 4.74 Å². The van der Waals surface area contributed by atoms with E-state index in [2.05, 4.69) is 0 Å². The van der Waals surface area contributed by atoms with E-state index in [-0.39, 0.29) is 32.0 Å². The number of hydrogen-bond acceptors (Lipinski definition) is 4. The van der Waals surface area contributed by atoms with Gasteiger partial charge in [0.05, 0.1) is 25.2 Å². The number of ether oxygens (including phenoxy) is 1. The zero-order chi connectivity index (χ0) is 13.8. The summed E-state index contributed by atoms with van der Waals surface area (Å²) >= 11 is 0. The molecule has 0 radical (unpaired) electrons. The maximum Gasteiger partial charge on any atom is 0.226 e. The summed E-state index contributed by atoms with van der Waals surface area (Å²) in [4.78, 5) is 13.1. The molecule has 2 rings (SSSR count). The van der Waals surface area contributed by atoms with Crippen molar-refractivity contribution in [3.8, 4) is 5.75 Å². The number of carbonyl (C=O) groups excluding carboxylic acids is 1. The molecule has 19 heavy (non-hydrogen) atoms. The number of nitrogens with zero attached hydrogens (tertiary/aromatic N) is 1. The average Bonchev–Trinajstić information content (AvgIpc) is 2.70. The summed E-state index contributed by atoms with van der Waals surface area (Å²) in [6.45, 7) is 0.408. The second kappa shape index (κ2) is 5.99. The molecule has 1 fully saturated rings. The first-order valence-electron chi connectivity index (χ1n) is 6.08. The van der Waals surface area contributed by atoms with Crippen molar-refractivity contribution in [2.45, 2.75) is 18.6 Å². The van der Waals surface area contributed by atoms with Crippen molar-refractivity contribution in [1.29, 1.82) is 0 Å². The fourth-order valence-electron chi connectivity index (χ4n) is 1.94. The lowest BCUT2D eigenvalue weighted by atomic mass is 10.3. The van der Waals surface area contributed by atoms with Gasteiger partial charge in [0.1, 0.15) is 11.6 Å². The van der Waals surface area contributed by atoms with Crippen LogP contribution in [0.5, 0.6) is 5.75 Å². The Balaban J connectivity index is 1.75. The summed E-state index contributed by atoms with van der Waals surface area (Å²) in [5, 5.41) is 18.7. The molecule has 0 saturated carbocycles. The van der Waals surface area contributed by atoms with Gasteiger partial charge in [-0.1, -0.05) is 6.07 Å². The number of amides is 1. The Hall–Kier alpha value is -1.66. The summed E-state index contributed by atoms with van der Waals surface area (Å²) in [5.74, 6) is -0.226. The van der Waals surface area contributed by atoms with Crippen LogP contribution in [0.15, 0.2) is 24.3 Å². The molecular weight excluding hydrogens is 253 g/mol. The second-order valence-electron chi connectivity index (χ2n) is 4.49. The van der Waals surface area contributed by atoms with Gasteiger partial charge in [0.15, 0.2) is 0 Å². The second-order valence-corrected chi connectivity index (χ2v) is 4.49. The lowest BCUT2D eigenvalue weighted by molar-refractivity contribution is -0.131. The Bertz CT molecular complexity index is 444. The van der Waals surface area contributed by atoms with Gasteiger partial charge in [-0.05, 0) is 12.1 Å². The Morgan fingerprint density at radius 3 is 2.68 bits per heavy atom. The number of carbonyl (C=O) groups is 1. The van der Waals surface area contributed by atoms with Crippen molar-refractivity contribution in [3.63, 3.8) is 0 Å².